The quantitative estimate of drug-likeness (QED) is 0.100. The molecule has 5 rings (SSSR count). The monoisotopic (exact) mass is 600 g/mol. The lowest BCUT2D eigenvalue weighted by atomic mass is 9.82. The number of fused-ring (bicyclic) bond motifs is 3. The minimum atomic E-state index is -1.15. The van der Waals surface area contributed by atoms with Crippen molar-refractivity contribution in [2.24, 2.45) is 17.8 Å². The molecule has 0 radical (unpaired) electrons. The third kappa shape index (κ3) is 5.50. The lowest BCUT2D eigenvalue weighted by Gasteiger charge is -2.51. The van der Waals surface area contributed by atoms with E-state index in [0.717, 1.165) is 5.57 Å². The highest BCUT2D eigenvalue weighted by molar-refractivity contribution is 6.27. The largest absolute Gasteiger partial charge is 0.507 e. The third-order valence-electron chi connectivity index (χ3n) is 9.67. The van der Waals surface area contributed by atoms with Gasteiger partial charge in [0.05, 0.1) is 36.9 Å². The van der Waals surface area contributed by atoms with Crippen LogP contribution in [0, 0.1) is 17.8 Å². The van der Waals surface area contributed by atoms with Crippen molar-refractivity contribution in [3.63, 3.8) is 0 Å². The van der Waals surface area contributed by atoms with Crippen LogP contribution in [-0.2, 0) is 33.3 Å². The van der Waals surface area contributed by atoms with E-state index in [-0.39, 0.29) is 29.6 Å². The molecule has 11 atom stereocenters. The van der Waals surface area contributed by atoms with Crippen LogP contribution in [0.1, 0.15) is 54.4 Å². The molecule has 0 aromatic carbocycles. The van der Waals surface area contributed by atoms with Gasteiger partial charge in [-0.3, -0.25) is 14.4 Å². The molecule has 43 heavy (non-hydrogen) atoms. The molecule has 11 heteroatoms. The Kier molecular flexibility index (Phi) is 8.51. The fourth-order valence-electron chi connectivity index (χ4n) is 6.82. The Morgan fingerprint density at radius 2 is 1.88 bits per heavy atom. The van der Waals surface area contributed by atoms with Crippen LogP contribution in [0.4, 0.5) is 0 Å². The van der Waals surface area contributed by atoms with Gasteiger partial charge in [0.1, 0.15) is 23.6 Å². The highest BCUT2D eigenvalue weighted by atomic mass is 16.8. The van der Waals surface area contributed by atoms with Gasteiger partial charge in [-0.1, -0.05) is 44.6 Å². The molecule has 11 nitrogen and oxygen atoms in total. The number of amides is 2. The molecule has 2 bridgehead atoms. The summed E-state index contributed by atoms with van der Waals surface area (Å²) < 4.78 is 24.3. The highest BCUT2D eigenvalue weighted by Crippen LogP contribution is 2.52. The van der Waals surface area contributed by atoms with E-state index in [1.165, 1.54) is 18.0 Å². The number of ketones is 1. The Morgan fingerprint density at radius 3 is 2.51 bits per heavy atom. The predicted octanol–water partition coefficient (Wildman–Crippen LogP) is 2.46. The molecular formula is C32H44N2O9. The topological polar surface area (TPSA) is 147 Å². The zero-order chi connectivity index (χ0) is 31.4. The molecule has 0 aliphatic carbocycles. The van der Waals surface area contributed by atoms with Crippen LogP contribution >= 0.6 is 0 Å². The van der Waals surface area contributed by atoms with Crippen LogP contribution < -0.4 is 5.32 Å². The number of aliphatic hydroxyl groups excluding tert-OH is 2. The first-order valence-corrected chi connectivity index (χ1v) is 15.1. The Morgan fingerprint density at radius 1 is 1.19 bits per heavy atom. The fourth-order valence-corrected chi connectivity index (χ4v) is 6.82. The summed E-state index contributed by atoms with van der Waals surface area (Å²) in [4.78, 5) is 41.1. The highest BCUT2D eigenvalue weighted by Gasteiger charge is 2.66. The molecule has 236 valence electrons. The predicted molar refractivity (Wildman–Crippen MR) is 155 cm³/mol. The number of nitrogens with zero attached hydrogens (tertiary/aromatic N) is 1. The van der Waals surface area contributed by atoms with E-state index in [4.69, 9.17) is 18.9 Å². The standard InChI is InChI=1S/C32H44N2O9/c1-16(14-17(2)28-18(3)23-12-13-32(15-40-32)31(6,42-23)43-28)8-9-22(36)25-27(37)26(19(4)29(38)33-7)34(30(25)39)24-11-10-21(35)20(5)41-24/h8-9,12-14,17-21,23-24,26,28,35-36H,10-11,15H2,1-7H3,(H,33,38)/b9-8+,16-14+,25-22-/t17-,18?,19+,20+,21+,23?,24+,26+,28?,31?,32-/m1/s1. The number of allylic oxidation sites excluding steroid dienone is 3. The summed E-state index contributed by atoms with van der Waals surface area (Å²) in [7, 11) is 1.46. The summed E-state index contributed by atoms with van der Waals surface area (Å²) in [5.41, 5.74) is -0.127. The maximum atomic E-state index is 13.6. The SMILES string of the molecule is CNC(=O)[C@@H](C)[C@H]1C(=O)\C(=C(O)/C=C/C(C)=C/[C@@H](C)C2OC3(C)OC(C=C[C@@]34CO4)C2C)C(=O)N1[C@@H]1CC[C@H](O)[C@H](C)O1. The second kappa shape index (κ2) is 11.6. The molecule has 3 N–H and O–H groups in total. The summed E-state index contributed by atoms with van der Waals surface area (Å²) in [6, 6.07) is -1.15. The normalized spacial score (nSPS) is 42.0. The van der Waals surface area contributed by atoms with E-state index in [2.05, 4.69) is 31.3 Å². The average Bonchev–Trinajstić information content (AvgIpc) is 3.71. The Labute approximate surface area is 252 Å². The van der Waals surface area contributed by atoms with Crippen molar-refractivity contribution in [3.05, 3.63) is 47.3 Å². The van der Waals surface area contributed by atoms with Crippen molar-refractivity contribution < 1.29 is 43.5 Å². The number of hydrogen-bond acceptors (Lipinski definition) is 9. The first-order chi connectivity index (χ1) is 20.2. The molecule has 1 spiro atoms. The summed E-state index contributed by atoms with van der Waals surface area (Å²) in [5.74, 6) is -3.93. The number of carbonyl (C=O) groups excluding carboxylic acids is 3. The van der Waals surface area contributed by atoms with Crippen LogP contribution in [0.3, 0.4) is 0 Å². The minimum Gasteiger partial charge on any atom is -0.507 e. The van der Waals surface area contributed by atoms with Crippen LogP contribution in [-0.4, -0.2) is 94.4 Å². The maximum Gasteiger partial charge on any atom is 0.264 e. The number of likely N-dealkylation sites (tertiary alicyclic amines) is 1. The lowest BCUT2D eigenvalue weighted by Crippen LogP contribution is -2.61. The van der Waals surface area contributed by atoms with Gasteiger partial charge in [0.15, 0.2) is 11.4 Å². The first-order valence-electron chi connectivity index (χ1n) is 15.1. The van der Waals surface area contributed by atoms with Crippen LogP contribution in [0.5, 0.6) is 0 Å². The zero-order valence-corrected chi connectivity index (χ0v) is 25.9. The van der Waals surface area contributed by atoms with E-state index >= 15 is 0 Å². The van der Waals surface area contributed by atoms with E-state index < -0.39 is 65.1 Å². The van der Waals surface area contributed by atoms with Crippen molar-refractivity contribution in [3.8, 4) is 0 Å². The number of nitrogens with one attached hydrogen (secondary N) is 1. The van der Waals surface area contributed by atoms with Gasteiger partial charge in [-0.2, -0.15) is 0 Å². The van der Waals surface area contributed by atoms with Crippen molar-refractivity contribution in [2.75, 3.05) is 13.7 Å². The number of carbonyl (C=O) groups is 3. The molecule has 0 aromatic heterocycles. The first kappa shape index (κ1) is 31.6. The average molecular weight is 601 g/mol. The van der Waals surface area contributed by atoms with Crippen molar-refractivity contribution in [1.82, 2.24) is 10.2 Å². The second-order valence-electron chi connectivity index (χ2n) is 12.7. The van der Waals surface area contributed by atoms with Crippen molar-refractivity contribution in [2.45, 2.75) is 102 Å². The minimum absolute atomic E-state index is 0.0220. The van der Waals surface area contributed by atoms with Crippen molar-refractivity contribution in [1.29, 1.82) is 0 Å². The molecule has 0 saturated carbocycles. The van der Waals surface area contributed by atoms with Gasteiger partial charge in [0.2, 0.25) is 11.7 Å². The van der Waals surface area contributed by atoms with Gasteiger partial charge in [0.25, 0.3) is 5.91 Å². The lowest BCUT2D eigenvalue weighted by molar-refractivity contribution is -0.346. The Hall–Kier alpha value is -2.83. The van der Waals surface area contributed by atoms with Gasteiger partial charge in [0, 0.05) is 18.9 Å². The molecule has 0 aromatic rings. The molecule has 2 amide bonds. The second-order valence-corrected chi connectivity index (χ2v) is 12.7. The molecule has 5 heterocycles. The number of ether oxygens (including phenoxy) is 4. The third-order valence-corrected chi connectivity index (χ3v) is 9.67. The van der Waals surface area contributed by atoms with E-state index in [1.54, 1.807) is 19.9 Å². The van der Waals surface area contributed by atoms with E-state index in [1.807, 2.05) is 19.9 Å². The number of rotatable bonds is 7. The van der Waals surface area contributed by atoms with Crippen LogP contribution in [0.25, 0.3) is 0 Å². The molecule has 5 aliphatic heterocycles. The van der Waals surface area contributed by atoms with E-state index in [0.29, 0.717) is 19.4 Å². The number of Topliss-reactive ketones (excluding diaryl/α,β-unsaturated/α-hetero) is 1. The Bertz CT molecular complexity index is 1280. The summed E-state index contributed by atoms with van der Waals surface area (Å²) >= 11 is 0. The molecule has 4 fully saturated rings. The molecule has 4 saturated heterocycles. The van der Waals surface area contributed by atoms with Gasteiger partial charge in [-0.15, -0.1) is 0 Å². The number of aliphatic hydroxyl groups is 2. The van der Waals surface area contributed by atoms with Crippen LogP contribution in [0.2, 0.25) is 0 Å². The summed E-state index contributed by atoms with van der Waals surface area (Å²) in [6.45, 7) is 11.7. The van der Waals surface area contributed by atoms with Gasteiger partial charge in [-0.25, -0.2) is 0 Å². The number of epoxide rings is 1. The fraction of sp³-hybridized carbons (Fsp3) is 0.656. The van der Waals surface area contributed by atoms with E-state index in [9.17, 15) is 24.6 Å². The molecule has 4 unspecified atom stereocenters. The summed E-state index contributed by atoms with van der Waals surface area (Å²) in [6.07, 6.45) is 7.46. The maximum absolute atomic E-state index is 13.6. The van der Waals surface area contributed by atoms with Crippen molar-refractivity contribution >= 4 is 17.6 Å². The van der Waals surface area contributed by atoms with Gasteiger partial charge < -0.3 is 39.4 Å². The Balaban J connectivity index is 1.36. The summed E-state index contributed by atoms with van der Waals surface area (Å²) in [5, 5.41) is 23.7. The number of hydrogen-bond donors (Lipinski definition) is 3. The smallest absolute Gasteiger partial charge is 0.264 e. The van der Waals surface area contributed by atoms with Gasteiger partial charge in [-0.05, 0) is 45.8 Å². The van der Waals surface area contributed by atoms with Crippen LogP contribution in [0.15, 0.2) is 47.3 Å². The van der Waals surface area contributed by atoms with Gasteiger partial charge >= 0.3 is 0 Å². The molecular weight excluding hydrogens is 556 g/mol. The molecule has 5 aliphatic rings. The zero-order valence-electron chi connectivity index (χ0n) is 25.9.